The van der Waals surface area contributed by atoms with Crippen LogP contribution in [0.5, 0.6) is 0 Å². The predicted molar refractivity (Wildman–Crippen MR) is 113 cm³/mol. The van der Waals surface area contributed by atoms with Gasteiger partial charge in [0, 0.05) is 5.69 Å². The Morgan fingerprint density at radius 2 is 1.86 bits per heavy atom. The Labute approximate surface area is 171 Å². The van der Waals surface area contributed by atoms with Crippen molar-refractivity contribution < 1.29 is 18.1 Å². The van der Waals surface area contributed by atoms with Gasteiger partial charge in [0.2, 0.25) is 15.9 Å². The van der Waals surface area contributed by atoms with Crippen molar-refractivity contribution in [2.75, 3.05) is 38.0 Å². The third-order valence-electron chi connectivity index (χ3n) is 5.72. The van der Waals surface area contributed by atoms with Crippen LogP contribution in [0.4, 0.5) is 5.69 Å². The van der Waals surface area contributed by atoms with Crippen molar-refractivity contribution in [2.45, 2.75) is 17.7 Å². The van der Waals surface area contributed by atoms with Crippen LogP contribution in [0.1, 0.15) is 24.0 Å². The maximum absolute atomic E-state index is 13.1. The maximum atomic E-state index is 13.1. The Morgan fingerprint density at radius 1 is 1.14 bits per heavy atom. The van der Waals surface area contributed by atoms with E-state index in [0.717, 1.165) is 25.2 Å². The number of fused-ring (bicyclic) bond motifs is 1. The van der Waals surface area contributed by atoms with E-state index >= 15 is 0 Å². The zero-order valence-corrected chi connectivity index (χ0v) is 17.3. The number of rotatable bonds is 5. The summed E-state index contributed by atoms with van der Waals surface area (Å²) in [4.78, 5) is 13.5. The molecule has 6 nitrogen and oxygen atoms in total. The second-order valence-electron chi connectivity index (χ2n) is 7.63. The third kappa shape index (κ3) is 4.12. The zero-order chi connectivity index (χ0) is 20.4. The number of quaternary nitrogens is 1. The highest BCUT2D eigenvalue weighted by molar-refractivity contribution is 7.89. The van der Waals surface area contributed by atoms with Crippen molar-refractivity contribution in [3.8, 4) is 0 Å². The van der Waals surface area contributed by atoms with Gasteiger partial charge < -0.3 is 10.2 Å². The van der Waals surface area contributed by atoms with Crippen LogP contribution in [0.2, 0.25) is 0 Å². The molecule has 2 N–H and O–H groups in total. The molecule has 0 spiro atoms. The van der Waals surface area contributed by atoms with Crippen molar-refractivity contribution in [2.24, 2.45) is 0 Å². The molecule has 2 heterocycles. The van der Waals surface area contributed by atoms with Gasteiger partial charge in [-0.15, -0.1) is 0 Å². The number of carbonyl (C=O) groups excluding carboxylic acids is 1. The lowest BCUT2D eigenvalue weighted by molar-refractivity contribution is -0.897. The highest BCUT2D eigenvalue weighted by atomic mass is 32.2. The quantitative estimate of drug-likeness (QED) is 0.779. The van der Waals surface area contributed by atoms with E-state index in [1.807, 2.05) is 18.2 Å². The fourth-order valence-corrected chi connectivity index (χ4v) is 5.35. The van der Waals surface area contributed by atoms with Crippen molar-refractivity contribution in [3.05, 3.63) is 65.7 Å². The Morgan fingerprint density at radius 3 is 2.59 bits per heavy atom. The van der Waals surface area contributed by atoms with E-state index in [4.69, 9.17) is 0 Å². The van der Waals surface area contributed by atoms with Gasteiger partial charge in [-0.2, -0.15) is 4.31 Å². The topological polar surface area (TPSA) is 70.9 Å². The van der Waals surface area contributed by atoms with Crippen LogP contribution in [0.25, 0.3) is 6.08 Å². The minimum Gasteiger partial charge on any atom is -0.329 e. The maximum Gasteiger partial charge on any atom is 0.243 e. The Kier molecular flexibility index (Phi) is 5.54. The lowest BCUT2D eigenvalue weighted by Crippen LogP contribution is -3.14. The molecule has 2 aliphatic rings. The van der Waals surface area contributed by atoms with Crippen LogP contribution < -0.4 is 10.2 Å². The van der Waals surface area contributed by atoms with Gasteiger partial charge >= 0.3 is 0 Å². The van der Waals surface area contributed by atoms with Gasteiger partial charge in [-0.3, -0.25) is 4.79 Å². The lowest BCUT2D eigenvalue weighted by Gasteiger charge is -2.31. The fraction of sp³-hybridized carbons (Fsp3) is 0.318. The minimum atomic E-state index is -3.55. The average Bonchev–Trinajstić information content (AvgIpc) is 3.02. The molecule has 29 heavy (non-hydrogen) atoms. The second kappa shape index (κ2) is 8.10. The summed E-state index contributed by atoms with van der Waals surface area (Å²) in [5.74, 6) is -0.409. The summed E-state index contributed by atoms with van der Waals surface area (Å²) in [5, 5.41) is 2.79. The van der Waals surface area contributed by atoms with E-state index in [9.17, 15) is 13.2 Å². The molecule has 1 amide bonds. The van der Waals surface area contributed by atoms with Crippen LogP contribution in [-0.2, 0) is 14.8 Å². The number of anilines is 1. The van der Waals surface area contributed by atoms with Gasteiger partial charge in [-0.25, -0.2) is 8.42 Å². The normalized spacial score (nSPS) is 20.7. The van der Waals surface area contributed by atoms with Gasteiger partial charge in [0.05, 0.1) is 43.5 Å². The molecule has 0 unspecified atom stereocenters. The molecule has 0 bridgehead atoms. The summed E-state index contributed by atoms with van der Waals surface area (Å²) in [6.07, 6.45) is 4.26. The standard InChI is InChI=1S/C22H25N3O3S/c1-17-20-16-19(9-10-21(20)23-22(17)26)29(27,28)25-14-12-24(13-15-25)11-5-8-18-6-3-2-4-7-18/h2-10,16-17H,11-15H2,1H3,(H,23,26)/p+1/b8-5+/t17-/m0/s1. The summed E-state index contributed by atoms with van der Waals surface area (Å²) in [6.45, 7) is 5.23. The monoisotopic (exact) mass is 412 g/mol. The number of hydrogen-bond acceptors (Lipinski definition) is 3. The second-order valence-corrected chi connectivity index (χ2v) is 9.57. The number of benzene rings is 2. The molecular formula is C22H26N3O3S+. The van der Waals surface area contributed by atoms with Gasteiger partial charge in [-0.1, -0.05) is 36.4 Å². The summed E-state index contributed by atoms with van der Waals surface area (Å²) in [6, 6.07) is 15.1. The van der Waals surface area contributed by atoms with Crippen molar-refractivity contribution in [1.82, 2.24) is 4.31 Å². The first-order valence-electron chi connectivity index (χ1n) is 9.95. The highest BCUT2D eigenvalue weighted by Crippen LogP contribution is 2.34. The SMILES string of the molecule is C[C@@H]1C(=O)Nc2ccc(S(=O)(=O)N3CC[NH+](C/C=C/c4ccccc4)CC3)cc21. The molecule has 0 radical (unpaired) electrons. The molecule has 1 fully saturated rings. The Bertz CT molecular complexity index is 1030. The van der Waals surface area contributed by atoms with Crippen LogP contribution in [0, 0.1) is 0 Å². The molecule has 1 atom stereocenters. The number of carbonyl (C=O) groups is 1. The molecule has 0 aromatic heterocycles. The average molecular weight is 413 g/mol. The lowest BCUT2D eigenvalue weighted by atomic mass is 10.0. The predicted octanol–water partition coefficient (Wildman–Crippen LogP) is 1.34. The van der Waals surface area contributed by atoms with E-state index in [-0.39, 0.29) is 16.7 Å². The molecule has 0 aliphatic carbocycles. The first-order valence-corrected chi connectivity index (χ1v) is 11.4. The van der Waals surface area contributed by atoms with E-state index in [2.05, 4.69) is 29.6 Å². The number of amides is 1. The van der Waals surface area contributed by atoms with E-state index in [0.29, 0.717) is 18.8 Å². The molecule has 0 saturated carbocycles. The number of nitrogens with zero attached hydrogens (tertiary/aromatic N) is 1. The van der Waals surface area contributed by atoms with Crippen molar-refractivity contribution in [3.63, 3.8) is 0 Å². The summed E-state index contributed by atoms with van der Waals surface area (Å²) >= 11 is 0. The molecule has 7 heteroatoms. The Hall–Kier alpha value is -2.48. The molecule has 152 valence electrons. The van der Waals surface area contributed by atoms with Crippen LogP contribution in [0.3, 0.4) is 0 Å². The van der Waals surface area contributed by atoms with Crippen molar-refractivity contribution >= 4 is 27.7 Å². The van der Waals surface area contributed by atoms with Crippen LogP contribution in [-0.4, -0.2) is 51.4 Å². The molecule has 2 aliphatic heterocycles. The van der Waals surface area contributed by atoms with Crippen LogP contribution in [0.15, 0.2) is 59.5 Å². The molecule has 2 aromatic rings. The number of hydrogen-bond donors (Lipinski definition) is 2. The molecular weight excluding hydrogens is 386 g/mol. The Balaban J connectivity index is 1.38. The van der Waals surface area contributed by atoms with E-state index < -0.39 is 10.0 Å². The number of piperazine rings is 1. The molecule has 4 rings (SSSR count). The molecule has 2 aromatic carbocycles. The minimum absolute atomic E-state index is 0.0877. The fourth-order valence-electron chi connectivity index (χ4n) is 3.88. The number of nitrogens with one attached hydrogen (secondary N) is 2. The summed E-state index contributed by atoms with van der Waals surface area (Å²) in [7, 11) is -3.55. The first-order chi connectivity index (χ1) is 13.9. The highest BCUT2D eigenvalue weighted by Gasteiger charge is 2.33. The third-order valence-corrected chi connectivity index (χ3v) is 7.62. The zero-order valence-electron chi connectivity index (χ0n) is 16.5. The van der Waals surface area contributed by atoms with Gasteiger partial charge in [-0.05, 0) is 42.3 Å². The summed E-state index contributed by atoms with van der Waals surface area (Å²) in [5.41, 5.74) is 2.64. The van der Waals surface area contributed by atoms with Crippen LogP contribution >= 0.6 is 0 Å². The van der Waals surface area contributed by atoms with Crippen molar-refractivity contribution in [1.29, 1.82) is 0 Å². The summed E-state index contributed by atoms with van der Waals surface area (Å²) < 4.78 is 27.7. The first kappa shape index (κ1) is 19.8. The van der Waals surface area contributed by atoms with E-state index in [1.54, 1.807) is 29.4 Å². The number of sulfonamides is 1. The molecule has 1 saturated heterocycles. The van der Waals surface area contributed by atoms with E-state index in [1.165, 1.54) is 10.5 Å². The van der Waals surface area contributed by atoms with Gasteiger partial charge in [0.1, 0.15) is 0 Å². The van der Waals surface area contributed by atoms with Gasteiger partial charge in [0.25, 0.3) is 0 Å². The van der Waals surface area contributed by atoms with Gasteiger partial charge in [0.15, 0.2) is 0 Å². The largest absolute Gasteiger partial charge is 0.329 e. The smallest absolute Gasteiger partial charge is 0.243 e.